The Kier molecular flexibility index (Phi) is 9.32. The molecule has 0 bridgehead atoms. The molecule has 0 aromatic heterocycles. The van der Waals surface area contributed by atoms with Crippen LogP contribution in [0.4, 0.5) is 0 Å². The minimum Gasteiger partial charge on any atom is -0.481 e. The third kappa shape index (κ3) is 7.92. The molecular weight excluding hydrogens is 292 g/mol. The third-order valence-corrected chi connectivity index (χ3v) is 3.02. The molecular formula is C15H24O7. The maximum absolute atomic E-state index is 11.7. The van der Waals surface area contributed by atoms with Crippen molar-refractivity contribution in [1.29, 1.82) is 0 Å². The molecule has 0 heterocycles. The van der Waals surface area contributed by atoms with E-state index >= 15 is 0 Å². The van der Waals surface area contributed by atoms with E-state index < -0.39 is 36.4 Å². The predicted octanol–water partition coefficient (Wildman–Crippen LogP) is 0.388. The van der Waals surface area contributed by atoms with E-state index in [0.717, 1.165) is 0 Å². The summed E-state index contributed by atoms with van der Waals surface area (Å²) in [7, 11) is 0. The zero-order valence-corrected chi connectivity index (χ0v) is 13.0. The second kappa shape index (κ2) is 10.1. The van der Waals surface area contributed by atoms with Crippen LogP contribution in [0.5, 0.6) is 0 Å². The van der Waals surface area contributed by atoms with E-state index in [4.69, 9.17) is 9.84 Å². The molecule has 126 valence electrons. The number of aliphatic hydroxyl groups excluding tert-OH is 3. The van der Waals surface area contributed by atoms with Crippen molar-refractivity contribution >= 4 is 11.9 Å². The van der Waals surface area contributed by atoms with Gasteiger partial charge in [-0.2, -0.15) is 0 Å². The van der Waals surface area contributed by atoms with Crippen molar-refractivity contribution in [2.24, 2.45) is 0 Å². The van der Waals surface area contributed by atoms with Crippen molar-refractivity contribution in [1.82, 2.24) is 0 Å². The molecule has 0 spiro atoms. The van der Waals surface area contributed by atoms with Crippen LogP contribution in [0.25, 0.3) is 0 Å². The molecule has 0 radical (unpaired) electrons. The summed E-state index contributed by atoms with van der Waals surface area (Å²) in [6, 6.07) is 0. The number of hydrogen-bond donors (Lipinski definition) is 4. The third-order valence-electron chi connectivity index (χ3n) is 3.02. The lowest BCUT2D eigenvalue weighted by atomic mass is 10.1. The van der Waals surface area contributed by atoms with Crippen LogP contribution in [0, 0.1) is 0 Å². The Labute approximate surface area is 129 Å². The van der Waals surface area contributed by atoms with Gasteiger partial charge in [-0.05, 0) is 33.3 Å². The highest BCUT2D eigenvalue weighted by molar-refractivity contribution is 5.87. The van der Waals surface area contributed by atoms with Crippen molar-refractivity contribution in [3.63, 3.8) is 0 Å². The first-order valence-electron chi connectivity index (χ1n) is 6.97. The Morgan fingerprint density at radius 1 is 1.18 bits per heavy atom. The van der Waals surface area contributed by atoms with Gasteiger partial charge in [0.1, 0.15) is 6.10 Å². The topological polar surface area (TPSA) is 124 Å². The van der Waals surface area contributed by atoms with Gasteiger partial charge in [-0.1, -0.05) is 12.2 Å². The number of rotatable bonds is 9. The second-order valence-electron chi connectivity index (χ2n) is 4.96. The molecule has 22 heavy (non-hydrogen) atoms. The van der Waals surface area contributed by atoms with Gasteiger partial charge in [-0.25, -0.2) is 4.79 Å². The zero-order chi connectivity index (χ0) is 17.3. The summed E-state index contributed by atoms with van der Waals surface area (Å²) in [5, 5.41) is 37.3. The largest absolute Gasteiger partial charge is 0.481 e. The average molecular weight is 316 g/mol. The standard InChI is InChI=1S/C15H24O7/c1-4-9(2)15(21)22-13(7-5-11(17)10(3)16)12(18)6-8-14(19)20/h4-5,7,10-13,16-18H,6,8H2,1-3H3,(H,19,20). The highest BCUT2D eigenvalue weighted by Gasteiger charge is 2.23. The van der Waals surface area contributed by atoms with E-state index in [2.05, 4.69) is 0 Å². The Morgan fingerprint density at radius 2 is 1.77 bits per heavy atom. The van der Waals surface area contributed by atoms with Crippen molar-refractivity contribution in [2.45, 2.75) is 58.0 Å². The Balaban J connectivity index is 4.97. The quantitative estimate of drug-likeness (QED) is 0.275. The Bertz CT molecular complexity index is 426. The molecule has 0 saturated heterocycles. The molecule has 0 aromatic rings. The molecule has 0 amide bonds. The van der Waals surface area contributed by atoms with Crippen LogP contribution in [-0.4, -0.2) is 56.8 Å². The van der Waals surface area contributed by atoms with Crippen LogP contribution >= 0.6 is 0 Å². The first-order valence-corrected chi connectivity index (χ1v) is 6.97. The minimum atomic E-state index is -1.23. The molecule has 0 rings (SSSR count). The number of esters is 1. The number of carboxylic acids is 1. The number of carbonyl (C=O) groups is 2. The summed E-state index contributed by atoms with van der Waals surface area (Å²) >= 11 is 0. The Hall–Kier alpha value is -1.70. The lowest BCUT2D eigenvalue weighted by Crippen LogP contribution is -2.31. The first-order chi connectivity index (χ1) is 10.2. The summed E-state index contributed by atoms with van der Waals surface area (Å²) in [5.74, 6) is -1.74. The van der Waals surface area contributed by atoms with Crippen LogP contribution in [0.15, 0.2) is 23.8 Å². The predicted molar refractivity (Wildman–Crippen MR) is 79.0 cm³/mol. The highest BCUT2D eigenvalue weighted by Crippen LogP contribution is 2.12. The molecule has 7 heteroatoms. The fourth-order valence-electron chi connectivity index (χ4n) is 1.40. The number of ether oxygens (including phenoxy) is 1. The van der Waals surface area contributed by atoms with E-state index in [0.29, 0.717) is 5.57 Å². The van der Waals surface area contributed by atoms with Gasteiger partial charge in [0.15, 0.2) is 0 Å². The normalized spacial score (nSPS) is 17.8. The fourth-order valence-corrected chi connectivity index (χ4v) is 1.40. The molecule has 0 aliphatic heterocycles. The zero-order valence-electron chi connectivity index (χ0n) is 13.0. The van der Waals surface area contributed by atoms with Crippen LogP contribution in [-0.2, 0) is 14.3 Å². The summed E-state index contributed by atoms with van der Waals surface area (Å²) in [6.07, 6.45) is -0.990. The average Bonchev–Trinajstić information content (AvgIpc) is 2.46. The van der Waals surface area contributed by atoms with Crippen LogP contribution in [0.1, 0.15) is 33.6 Å². The van der Waals surface area contributed by atoms with Gasteiger partial charge in [-0.15, -0.1) is 0 Å². The molecule has 7 nitrogen and oxygen atoms in total. The van der Waals surface area contributed by atoms with Gasteiger partial charge >= 0.3 is 11.9 Å². The molecule has 0 aliphatic carbocycles. The lowest BCUT2D eigenvalue weighted by molar-refractivity contribution is -0.147. The van der Waals surface area contributed by atoms with E-state index in [-0.39, 0.29) is 12.8 Å². The van der Waals surface area contributed by atoms with Gasteiger partial charge in [0.2, 0.25) is 0 Å². The summed E-state index contributed by atoms with van der Waals surface area (Å²) in [6.45, 7) is 4.57. The van der Waals surface area contributed by atoms with Crippen molar-refractivity contribution < 1.29 is 34.8 Å². The van der Waals surface area contributed by atoms with E-state index in [1.165, 1.54) is 32.1 Å². The van der Waals surface area contributed by atoms with Gasteiger partial charge in [0.25, 0.3) is 0 Å². The maximum atomic E-state index is 11.7. The van der Waals surface area contributed by atoms with E-state index in [9.17, 15) is 24.9 Å². The van der Waals surface area contributed by atoms with E-state index in [1.807, 2.05) is 0 Å². The molecule has 0 saturated carbocycles. The SMILES string of the molecule is CC=C(C)C(=O)OC(C=CC(O)C(C)O)C(O)CCC(=O)O. The monoisotopic (exact) mass is 316 g/mol. The van der Waals surface area contributed by atoms with Gasteiger partial charge < -0.3 is 25.2 Å². The fraction of sp³-hybridized carbons (Fsp3) is 0.600. The highest BCUT2D eigenvalue weighted by atomic mass is 16.6. The van der Waals surface area contributed by atoms with Crippen molar-refractivity contribution in [3.8, 4) is 0 Å². The summed E-state index contributed by atoms with van der Waals surface area (Å²) in [5.41, 5.74) is 0.333. The van der Waals surface area contributed by atoms with Crippen LogP contribution in [0.2, 0.25) is 0 Å². The first kappa shape index (κ1) is 20.3. The molecule has 0 aliphatic rings. The summed E-state index contributed by atoms with van der Waals surface area (Å²) in [4.78, 5) is 22.3. The number of aliphatic carboxylic acids is 1. The number of carboxylic acid groups (broad SMARTS) is 1. The second-order valence-corrected chi connectivity index (χ2v) is 4.96. The smallest absolute Gasteiger partial charge is 0.334 e. The molecule has 4 N–H and O–H groups in total. The van der Waals surface area contributed by atoms with Crippen LogP contribution in [0.3, 0.4) is 0 Å². The number of aliphatic hydroxyl groups is 3. The van der Waals surface area contributed by atoms with Gasteiger partial charge in [0.05, 0.1) is 18.3 Å². The molecule has 0 fully saturated rings. The molecule has 4 unspecified atom stereocenters. The van der Waals surface area contributed by atoms with Gasteiger partial charge in [-0.3, -0.25) is 4.79 Å². The molecule has 0 aromatic carbocycles. The van der Waals surface area contributed by atoms with E-state index in [1.54, 1.807) is 6.92 Å². The molecule has 4 atom stereocenters. The lowest BCUT2D eigenvalue weighted by Gasteiger charge is -2.21. The van der Waals surface area contributed by atoms with Crippen LogP contribution < -0.4 is 0 Å². The Morgan fingerprint density at radius 3 is 2.23 bits per heavy atom. The number of carbonyl (C=O) groups excluding carboxylic acids is 1. The number of hydrogen-bond acceptors (Lipinski definition) is 6. The van der Waals surface area contributed by atoms with Gasteiger partial charge in [0, 0.05) is 12.0 Å². The summed E-state index contributed by atoms with van der Waals surface area (Å²) < 4.78 is 5.10. The number of allylic oxidation sites excluding steroid dienone is 1. The van der Waals surface area contributed by atoms with Crippen molar-refractivity contribution in [3.05, 3.63) is 23.8 Å². The minimum absolute atomic E-state index is 0.114. The van der Waals surface area contributed by atoms with Crippen molar-refractivity contribution in [2.75, 3.05) is 0 Å². The maximum Gasteiger partial charge on any atom is 0.334 e.